The second-order valence-electron chi connectivity index (χ2n) is 14.7. The monoisotopic (exact) mass is 944 g/mol. The molecule has 0 bridgehead atoms. The van der Waals surface area contributed by atoms with Gasteiger partial charge in [0.1, 0.15) is 23.4 Å². The Kier molecular flexibility index (Phi) is 14.5. The molecular formula is C49H37BF12O3S. The number of hydrogen-bond acceptors (Lipinski definition) is 3. The van der Waals surface area contributed by atoms with Crippen molar-refractivity contribution in [2.75, 3.05) is 21.3 Å². The Labute approximate surface area is 374 Å². The summed E-state index contributed by atoms with van der Waals surface area (Å²) in [4.78, 5) is 3.70. The number of benzene rings is 7. The van der Waals surface area contributed by atoms with Gasteiger partial charge in [-0.05, 0) is 72.8 Å². The Morgan fingerprint density at radius 1 is 0.288 bits per heavy atom. The van der Waals surface area contributed by atoms with E-state index in [1.165, 1.54) is 14.7 Å². The molecule has 0 aliphatic rings. The van der Waals surface area contributed by atoms with Gasteiger partial charge in [0.05, 0.1) is 54.5 Å². The normalized spacial score (nSPS) is 12.3. The van der Waals surface area contributed by atoms with E-state index in [0.717, 1.165) is 65.8 Å². The van der Waals surface area contributed by atoms with Crippen LogP contribution in [0.5, 0.6) is 17.2 Å². The third-order valence-electron chi connectivity index (χ3n) is 10.8. The third-order valence-corrected chi connectivity index (χ3v) is 13.1. The van der Waals surface area contributed by atoms with Gasteiger partial charge in [0.25, 0.3) is 0 Å². The van der Waals surface area contributed by atoms with Gasteiger partial charge in [-0.3, -0.25) is 0 Å². The first-order valence-corrected chi connectivity index (χ1v) is 20.8. The SMILES string of the molecule is COc1ccc([S+](c2ccc(OC)cc2)c2ccc(OC)cc2)cc1.FC(F)(F)c1ccc([B-](c2ccc(C(F)(F)F)cc2)(c2ccc(C(F)(F)F)cc2)c2ccc(C(F)(F)F)cc2)cc1. The predicted molar refractivity (Wildman–Crippen MR) is 231 cm³/mol. The molecule has 7 aromatic carbocycles. The van der Waals surface area contributed by atoms with E-state index in [1.807, 2.05) is 36.4 Å². The second-order valence-corrected chi connectivity index (χ2v) is 16.7. The molecular weight excluding hydrogens is 907 g/mol. The summed E-state index contributed by atoms with van der Waals surface area (Å²) >= 11 is 0. The van der Waals surface area contributed by atoms with Crippen LogP contribution < -0.4 is 36.1 Å². The minimum Gasteiger partial charge on any atom is -0.497 e. The number of rotatable bonds is 10. The maximum Gasteiger partial charge on any atom is 0.416 e. The predicted octanol–water partition coefficient (Wildman–Crippen LogP) is 11.9. The third kappa shape index (κ3) is 11.0. The molecule has 7 rings (SSSR count). The molecule has 3 nitrogen and oxygen atoms in total. The fraction of sp³-hybridized carbons (Fsp3) is 0.143. The number of alkyl halides is 12. The van der Waals surface area contributed by atoms with Crippen molar-refractivity contribution in [3.63, 3.8) is 0 Å². The molecule has 344 valence electrons. The molecule has 0 aliphatic carbocycles. The van der Waals surface area contributed by atoms with E-state index in [0.29, 0.717) is 48.5 Å². The lowest BCUT2D eigenvalue weighted by atomic mass is 9.13. The topological polar surface area (TPSA) is 27.7 Å². The molecule has 0 aromatic heterocycles. The first-order chi connectivity index (χ1) is 31.1. The zero-order valence-electron chi connectivity index (χ0n) is 34.9. The number of ether oxygens (including phenoxy) is 3. The molecule has 0 fully saturated rings. The number of methoxy groups -OCH3 is 3. The molecule has 17 heteroatoms. The molecule has 0 N–H and O–H groups in total. The van der Waals surface area contributed by atoms with E-state index in [2.05, 4.69) is 36.4 Å². The van der Waals surface area contributed by atoms with Crippen molar-refractivity contribution in [1.29, 1.82) is 0 Å². The highest BCUT2D eigenvalue weighted by atomic mass is 32.2. The Balaban J connectivity index is 0.000000245. The van der Waals surface area contributed by atoms with Crippen LogP contribution in [-0.2, 0) is 35.6 Å². The minimum absolute atomic E-state index is 0.0114. The first kappa shape index (κ1) is 49.0. The molecule has 0 atom stereocenters. The highest BCUT2D eigenvalue weighted by Crippen LogP contribution is 2.35. The van der Waals surface area contributed by atoms with Crippen LogP contribution in [0, 0.1) is 0 Å². The average Bonchev–Trinajstić information content (AvgIpc) is 3.30. The molecule has 66 heavy (non-hydrogen) atoms. The van der Waals surface area contributed by atoms with Gasteiger partial charge in [-0.2, -0.15) is 74.5 Å². The van der Waals surface area contributed by atoms with Gasteiger partial charge in [0.2, 0.25) is 0 Å². The summed E-state index contributed by atoms with van der Waals surface area (Å²) in [6.07, 6.45) is -22.0. The Morgan fingerprint density at radius 3 is 0.621 bits per heavy atom. The van der Waals surface area contributed by atoms with E-state index in [1.54, 1.807) is 21.3 Å². The van der Waals surface area contributed by atoms with E-state index in [4.69, 9.17) is 14.2 Å². The highest BCUT2D eigenvalue weighted by molar-refractivity contribution is 7.97. The van der Waals surface area contributed by atoms with Crippen LogP contribution in [0.25, 0.3) is 0 Å². The van der Waals surface area contributed by atoms with Crippen molar-refractivity contribution >= 4 is 38.9 Å². The van der Waals surface area contributed by atoms with Crippen LogP contribution in [-0.4, -0.2) is 27.5 Å². The molecule has 0 saturated carbocycles. The number of halogens is 12. The van der Waals surface area contributed by atoms with Gasteiger partial charge in [-0.15, -0.1) is 0 Å². The van der Waals surface area contributed by atoms with Gasteiger partial charge in [-0.25, -0.2) is 0 Å². The van der Waals surface area contributed by atoms with Gasteiger partial charge >= 0.3 is 24.7 Å². The van der Waals surface area contributed by atoms with Crippen molar-refractivity contribution in [2.24, 2.45) is 0 Å². The van der Waals surface area contributed by atoms with E-state index >= 15 is 0 Å². The molecule has 0 saturated heterocycles. The Morgan fingerprint density at radius 2 is 0.470 bits per heavy atom. The minimum atomic E-state index is -4.77. The molecule has 0 heterocycles. The highest BCUT2D eigenvalue weighted by Gasteiger charge is 2.38. The van der Waals surface area contributed by atoms with Crippen LogP contribution in [0.15, 0.2) is 185 Å². The van der Waals surface area contributed by atoms with Gasteiger partial charge in [0, 0.05) is 0 Å². The van der Waals surface area contributed by atoms with E-state index in [-0.39, 0.29) is 32.7 Å². The van der Waals surface area contributed by atoms with Gasteiger partial charge in [0.15, 0.2) is 14.7 Å². The average molecular weight is 945 g/mol. The molecule has 0 amide bonds. The summed E-state index contributed by atoms with van der Waals surface area (Å²) in [5.41, 5.74) is -4.29. The summed E-state index contributed by atoms with van der Waals surface area (Å²) in [5, 5.41) is 0. The smallest absolute Gasteiger partial charge is 0.416 e. The fourth-order valence-corrected chi connectivity index (χ4v) is 9.58. The lowest BCUT2D eigenvalue weighted by Crippen LogP contribution is -2.74. The quantitative estimate of drug-likeness (QED) is 0.0777. The molecule has 0 unspecified atom stereocenters. The summed E-state index contributed by atoms with van der Waals surface area (Å²) in [5.74, 6) is 2.57. The molecule has 0 radical (unpaired) electrons. The lowest BCUT2D eigenvalue weighted by molar-refractivity contribution is -0.138. The molecule has 0 aliphatic heterocycles. The zero-order valence-corrected chi connectivity index (χ0v) is 35.7. The van der Waals surface area contributed by atoms with Crippen LogP contribution in [0.1, 0.15) is 22.3 Å². The van der Waals surface area contributed by atoms with Crippen LogP contribution in [0.2, 0.25) is 0 Å². The largest absolute Gasteiger partial charge is 0.497 e. The standard InChI is InChI=1S/C28H16BF12.C21H21O3S/c30-25(31,32)17-1-9-21(10-2-17)29(22-11-3-18(4-12-22)26(33,34)35,23-13-5-19(6-14-23)27(36,37)38)24-15-7-20(8-16-24)28(39,40)41;1-22-16-4-10-19(11-5-16)25(20-12-6-17(23-2)7-13-20)21-14-8-18(24-3)9-15-21/h1-16H;4-15H,1-3H3/q-1;+1. The van der Waals surface area contributed by atoms with Crippen molar-refractivity contribution in [1.82, 2.24) is 0 Å². The maximum atomic E-state index is 13.3. The summed E-state index contributed by atoms with van der Waals surface area (Å²) in [7, 11) is 4.83. The Hall–Kier alpha value is -6.49. The van der Waals surface area contributed by atoms with Crippen molar-refractivity contribution in [3.8, 4) is 17.2 Å². The summed E-state index contributed by atoms with van der Waals surface area (Å²) in [6, 6.07) is 38.3. The molecule has 0 spiro atoms. The number of hydrogen-bond donors (Lipinski definition) is 0. The maximum absolute atomic E-state index is 13.3. The second kappa shape index (κ2) is 19.5. The van der Waals surface area contributed by atoms with Crippen LogP contribution in [0.4, 0.5) is 52.7 Å². The molecule has 7 aromatic rings. The van der Waals surface area contributed by atoms with Crippen LogP contribution in [0.3, 0.4) is 0 Å². The van der Waals surface area contributed by atoms with Gasteiger partial charge in [-0.1, -0.05) is 97.1 Å². The van der Waals surface area contributed by atoms with Crippen LogP contribution >= 0.6 is 0 Å². The lowest BCUT2D eigenvalue weighted by Gasteiger charge is -2.44. The Bertz CT molecular complexity index is 2300. The zero-order chi connectivity index (χ0) is 48.1. The van der Waals surface area contributed by atoms with E-state index in [9.17, 15) is 52.7 Å². The first-order valence-electron chi connectivity index (χ1n) is 19.6. The van der Waals surface area contributed by atoms with Crippen molar-refractivity contribution in [3.05, 3.63) is 192 Å². The summed E-state index contributed by atoms with van der Waals surface area (Å²) in [6.45, 7) is 0. The fourth-order valence-electron chi connectivity index (χ4n) is 7.54. The summed E-state index contributed by atoms with van der Waals surface area (Å²) < 4.78 is 176. The van der Waals surface area contributed by atoms with Gasteiger partial charge < -0.3 is 14.2 Å². The van der Waals surface area contributed by atoms with E-state index < -0.39 is 53.1 Å². The van der Waals surface area contributed by atoms with Crippen molar-refractivity contribution < 1.29 is 66.9 Å². The van der Waals surface area contributed by atoms with Crippen molar-refractivity contribution in [2.45, 2.75) is 39.4 Å².